The van der Waals surface area contributed by atoms with E-state index in [0.29, 0.717) is 29.2 Å². The highest BCUT2D eigenvalue weighted by Crippen LogP contribution is 2.31. The highest BCUT2D eigenvalue weighted by molar-refractivity contribution is 6.08. The van der Waals surface area contributed by atoms with Gasteiger partial charge in [-0.05, 0) is 43.5 Å². The van der Waals surface area contributed by atoms with Crippen molar-refractivity contribution in [2.24, 2.45) is 0 Å². The molecule has 0 unspecified atom stereocenters. The van der Waals surface area contributed by atoms with Crippen molar-refractivity contribution in [3.05, 3.63) is 53.1 Å². The van der Waals surface area contributed by atoms with Crippen molar-refractivity contribution in [3.63, 3.8) is 0 Å². The van der Waals surface area contributed by atoms with E-state index < -0.39 is 0 Å². The third-order valence-electron chi connectivity index (χ3n) is 4.45. The van der Waals surface area contributed by atoms with E-state index in [1.165, 1.54) is 6.92 Å². The molecule has 0 aromatic heterocycles. The second kappa shape index (κ2) is 6.97. The maximum Gasteiger partial charge on any atom is 0.258 e. The first-order chi connectivity index (χ1) is 12.0. The molecule has 5 heteroatoms. The van der Waals surface area contributed by atoms with Crippen LogP contribution in [0.3, 0.4) is 0 Å². The van der Waals surface area contributed by atoms with Gasteiger partial charge in [-0.2, -0.15) is 0 Å². The van der Waals surface area contributed by atoms with Crippen LogP contribution in [0.1, 0.15) is 39.6 Å². The Bertz CT molecular complexity index is 806. The van der Waals surface area contributed by atoms with Crippen LogP contribution < -0.4 is 14.4 Å². The van der Waals surface area contributed by atoms with Gasteiger partial charge >= 0.3 is 0 Å². The summed E-state index contributed by atoms with van der Waals surface area (Å²) in [5, 5.41) is 0. The standard InChI is InChI=1S/C20H21NO4/c1-13(22)15-7-6-14-5-4-8-21(19(14)11-15)20(23)16-9-17(24-2)12-18(10-16)25-3/h6-7,9-12H,4-5,8H2,1-3H3. The summed E-state index contributed by atoms with van der Waals surface area (Å²) in [6.07, 6.45) is 1.79. The normalized spacial score (nSPS) is 13.2. The lowest BCUT2D eigenvalue weighted by atomic mass is 9.97. The number of ether oxygens (including phenoxy) is 2. The summed E-state index contributed by atoms with van der Waals surface area (Å²) < 4.78 is 10.5. The Labute approximate surface area is 147 Å². The van der Waals surface area contributed by atoms with Crippen LogP contribution >= 0.6 is 0 Å². The highest BCUT2D eigenvalue weighted by atomic mass is 16.5. The second-order valence-electron chi connectivity index (χ2n) is 6.06. The van der Waals surface area contributed by atoms with Gasteiger partial charge in [0.1, 0.15) is 11.5 Å². The largest absolute Gasteiger partial charge is 0.497 e. The molecular weight excluding hydrogens is 318 g/mol. The smallest absolute Gasteiger partial charge is 0.258 e. The molecule has 2 aromatic rings. The maximum absolute atomic E-state index is 13.1. The van der Waals surface area contributed by atoms with E-state index in [9.17, 15) is 9.59 Å². The molecule has 0 saturated carbocycles. The molecule has 1 amide bonds. The van der Waals surface area contributed by atoms with Crippen LogP contribution in [0, 0.1) is 0 Å². The van der Waals surface area contributed by atoms with Crippen molar-refractivity contribution in [2.45, 2.75) is 19.8 Å². The molecule has 0 fully saturated rings. The number of amides is 1. The minimum absolute atomic E-state index is 0.0103. The van der Waals surface area contributed by atoms with E-state index in [1.807, 2.05) is 18.2 Å². The molecule has 0 radical (unpaired) electrons. The number of benzene rings is 2. The Hall–Kier alpha value is -2.82. The SMILES string of the molecule is COc1cc(OC)cc(C(=O)N2CCCc3ccc(C(C)=O)cc32)c1. The first-order valence-corrected chi connectivity index (χ1v) is 8.22. The monoisotopic (exact) mass is 339 g/mol. The zero-order valence-corrected chi connectivity index (χ0v) is 14.7. The van der Waals surface area contributed by atoms with Gasteiger partial charge in [0.25, 0.3) is 5.91 Å². The minimum Gasteiger partial charge on any atom is -0.497 e. The van der Waals surface area contributed by atoms with Crippen LogP contribution in [0.4, 0.5) is 5.69 Å². The van der Waals surface area contributed by atoms with Gasteiger partial charge in [-0.1, -0.05) is 12.1 Å². The van der Waals surface area contributed by atoms with Crippen LogP contribution in [0.2, 0.25) is 0 Å². The fourth-order valence-electron chi connectivity index (χ4n) is 3.09. The summed E-state index contributed by atoms with van der Waals surface area (Å²) in [6.45, 7) is 2.15. The molecule has 0 bridgehead atoms. The lowest BCUT2D eigenvalue weighted by Crippen LogP contribution is -2.35. The quantitative estimate of drug-likeness (QED) is 0.800. The second-order valence-corrected chi connectivity index (χ2v) is 6.06. The van der Waals surface area contributed by atoms with Crippen molar-refractivity contribution in [1.29, 1.82) is 0 Å². The molecule has 0 N–H and O–H groups in total. The fraction of sp³-hybridized carbons (Fsp3) is 0.300. The average Bonchev–Trinajstić information content (AvgIpc) is 2.65. The molecule has 0 atom stereocenters. The molecule has 130 valence electrons. The molecule has 0 aliphatic carbocycles. The molecular formula is C20H21NO4. The molecule has 0 spiro atoms. The van der Waals surface area contributed by atoms with Gasteiger partial charge < -0.3 is 14.4 Å². The Morgan fingerprint density at radius 3 is 2.24 bits per heavy atom. The first kappa shape index (κ1) is 17.0. The van der Waals surface area contributed by atoms with Crippen LogP contribution in [-0.2, 0) is 6.42 Å². The molecule has 0 saturated heterocycles. The van der Waals surface area contributed by atoms with Crippen molar-refractivity contribution in [3.8, 4) is 11.5 Å². The average molecular weight is 339 g/mol. The number of hydrogen-bond acceptors (Lipinski definition) is 4. The van der Waals surface area contributed by atoms with Crippen molar-refractivity contribution in [1.82, 2.24) is 0 Å². The third-order valence-corrected chi connectivity index (χ3v) is 4.45. The topological polar surface area (TPSA) is 55.8 Å². The number of Topliss-reactive ketones (excluding diaryl/α,β-unsaturated/α-hetero) is 1. The van der Waals surface area contributed by atoms with Gasteiger partial charge in [0.2, 0.25) is 0 Å². The predicted octanol–water partition coefficient (Wildman–Crippen LogP) is 3.50. The summed E-state index contributed by atoms with van der Waals surface area (Å²) in [4.78, 5) is 26.6. The molecule has 2 aromatic carbocycles. The van der Waals surface area contributed by atoms with Gasteiger partial charge in [0, 0.05) is 29.4 Å². The number of anilines is 1. The number of rotatable bonds is 4. The Balaban J connectivity index is 2.02. The van der Waals surface area contributed by atoms with E-state index in [0.717, 1.165) is 24.1 Å². The van der Waals surface area contributed by atoms with Gasteiger partial charge in [-0.15, -0.1) is 0 Å². The van der Waals surface area contributed by atoms with Crippen LogP contribution in [0.5, 0.6) is 11.5 Å². The highest BCUT2D eigenvalue weighted by Gasteiger charge is 2.25. The zero-order chi connectivity index (χ0) is 18.0. The summed E-state index contributed by atoms with van der Waals surface area (Å²) in [5.74, 6) is 0.998. The minimum atomic E-state index is -0.126. The summed E-state index contributed by atoms with van der Waals surface area (Å²) in [6, 6.07) is 10.7. The number of nitrogens with zero attached hydrogens (tertiary/aromatic N) is 1. The van der Waals surface area contributed by atoms with Crippen molar-refractivity contribution >= 4 is 17.4 Å². The van der Waals surface area contributed by atoms with Crippen LogP contribution in [0.15, 0.2) is 36.4 Å². The summed E-state index contributed by atoms with van der Waals surface area (Å²) >= 11 is 0. The number of ketones is 1. The Morgan fingerprint density at radius 1 is 0.960 bits per heavy atom. The predicted molar refractivity (Wildman–Crippen MR) is 96.0 cm³/mol. The lowest BCUT2D eigenvalue weighted by molar-refractivity contribution is 0.0980. The third kappa shape index (κ3) is 3.36. The summed E-state index contributed by atoms with van der Waals surface area (Å²) in [7, 11) is 3.11. The van der Waals surface area contributed by atoms with Crippen LogP contribution in [-0.4, -0.2) is 32.5 Å². The fourth-order valence-corrected chi connectivity index (χ4v) is 3.09. The molecule has 25 heavy (non-hydrogen) atoms. The molecule has 1 heterocycles. The number of fused-ring (bicyclic) bond motifs is 1. The molecule has 1 aliphatic heterocycles. The lowest BCUT2D eigenvalue weighted by Gasteiger charge is -2.30. The van der Waals surface area contributed by atoms with Crippen molar-refractivity contribution < 1.29 is 19.1 Å². The maximum atomic E-state index is 13.1. The van der Waals surface area contributed by atoms with Crippen LogP contribution in [0.25, 0.3) is 0 Å². The number of hydrogen-bond donors (Lipinski definition) is 0. The van der Waals surface area contributed by atoms with Gasteiger partial charge in [-0.25, -0.2) is 0 Å². The number of carbonyl (C=O) groups is 2. The van der Waals surface area contributed by atoms with Gasteiger partial charge in [0.15, 0.2) is 5.78 Å². The van der Waals surface area contributed by atoms with Gasteiger partial charge in [-0.3, -0.25) is 9.59 Å². The molecule has 5 nitrogen and oxygen atoms in total. The number of carbonyl (C=O) groups excluding carboxylic acids is 2. The van der Waals surface area contributed by atoms with Crippen molar-refractivity contribution in [2.75, 3.05) is 25.7 Å². The Morgan fingerprint density at radius 2 is 1.64 bits per heavy atom. The Kier molecular flexibility index (Phi) is 4.74. The van der Waals surface area contributed by atoms with E-state index in [4.69, 9.17) is 9.47 Å². The number of aryl methyl sites for hydroxylation is 1. The van der Waals surface area contributed by atoms with E-state index in [1.54, 1.807) is 37.3 Å². The molecule has 3 rings (SSSR count). The van der Waals surface area contributed by atoms with E-state index >= 15 is 0 Å². The molecule has 1 aliphatic rings. The number of methoxy groups -OCH3 is 2. The van der Waals surface area contributed by atoms with Gasteiger partial charge in [0.05, 0.1) is 14.2 Å². The summed E-state index contributed by atoms with van der Waals surface area (Å²) in [5.41, 5.74) is 3.00. The van der Waals surface area contributed by atoms with E-state index in [2.05, 4.69) is 0 Å². The van der Waals surface area contributed by atoms with E-state index in [-0.39, 0.29) is 11.7 Å². The first-order valence-electron chi connectivity index (χ1n) is 8.22. The zero-order valence-electron chi connectivity index (χ0n) is 14.7.